The van der Waals surface area contributed by atoms with Crippen LogP contribution in [0, 0.1) is 23.5 Å². The lowest BCUT2D eigenvalue weighted by Crippen LogP contribution is -2.54. The van der Waals surface area contributed by atoms with Crippen LogP contribution in [0.3, 0.4) is 0 Å². The number of ether oxygens (including phenoxy) is 1. The molecule has 0 bridgehead atoms. The van der Waals surface area contributed by atoms with Gasteiger partial charge < -0.3 is 9.84 Å². The number of hydrogen-bond acceptors (Lipinski definition) is 4. The summed E-state index contributed by atoms with van der Waals surface area (Å²) in [7, 11) is -4.15. The number of aliphatic hydroxyl groups excluding tert-OH is 1. The van der Waals surface area contributed by atoms with Crippen LogP contribution >= 0.6 is 11.6 Å². The van der Waals surface area contributed by atoms with Gasteiger partial charge in [-0.3, -0.25) is 0 Å². The summed E-state index contributed by atoms with van der Waals surface area (Å²) in [5.74, 6) is -3.07. The summed E-state index contributed by atoms with van der Waals surface area (Å²) in [6.07, 6.45) is 1.18. The third-order valence-electron chi connectivity index (χ3n) is 6.02. The predicted octanol–water partition coefficient (Wildman–Crippen LogP) is 4.09. The van der Waals surface area contributed by atoms with Crippen molar-refractivity contribution < 1.29 is 27.0 Å². The fraction of sp³-hybridized carbons (Fsp3) is 0.400. The minimum absolute atomic E-state index is 0.0167. The molecule has 2 aromatic rings. The first kappa shape index (κ1) is 19.6. The van der Waals surface area contributed by atoms with Crippen LogP contribution in [0.1, 0.15) is 24.8 Å². The molecule has 1 saturated carbocycles. The maximum atomic E-state index is 15.0. The second-order valence-corrected chi connectivity index (χ2v) is 9.98. The Morgan fingerprint density at radius 1 is 1.14 bits per heavy atom. The Morgan fingerprint density at radius 3 is 2.50 bits per heavy atom. The molecule has 1 heterocycles. The minimum Gasteiger partial charge on any atom is -0.490 e. The van der Waals surface area contributed by atoms with Crippen molar-refractivity contribution >= 4 is 21.4 Å². The van der Waals surface area contributed by atoms with E-state index in [9.17, 15) is 17.9 Å². The summed E-state index contributed by atoms with van der Waals surface area (Å²) in [5.41, 5.74) is -0.267. The maximum Gasteiger partial charge on any atom is 0.188 e. The molecule has 150 valence electrons. The number of fused-ring (bicyclic) bond motifs is 3. The van der Waals surface area contributed by atoms with E-state index in [0.717, 1.165) is 12.1 Å². The molecule has 0 amide bonds. The molecule has 0 aromatic heterocycles. The van der Waals surface area contributed by atoms with E-state index in [1.165, 1.54) is 24.3 Å². The van der Waals surface area contributed by atoms with Crippen LogP contribution in [0.2, 0.25) is 5.02 Å². The van der Waals surface area contributed by atoms with E-state index in [2.05, 4.69) is 0 Å². The van der Waals surface area contributed by atoms with Gasteiger partial charge in [-0.1, -0.05) is 18.0 Å². The van der Waals surface area contributed by atoms with Gasteiger partial charge in [0.15, 0.2) is 21.4 Å². The Balaban J connectivity index is 2.04. The van der Waals surface area contributed by atoms with Crippen molar-refractivity contribution in [2.75, 3.05) is 13.2 Å². The molecule has 8 heteroatoms. The van der Waals surface area contributed by atoms with E-state index in [-0.39, 0.29) is 35.8 Å². The molecule has 0 saturated heterocycles. The van der Waals surface area contributed by atoms with Gasteiger partial charge in [-0.15, -0.1) is 0 Å². The van der Waals surface area contributed by atoms with Gasteiger partial charge in [0.2, 0.25) is 0 Å². The van der Waals surface area contributed by atoms with Crippen molar-refractivity contribution in [3.05, 3.63) is 58.6 Å². The number of sulfone groups is 1. The third-order valence-corrected chi connectivity index (χ3v) is 8.83. The number of halogens is 3. The third kappa shape index (κ3) is 2.67. The predicted molar refractivity (Wildman–Crippen MR) is 100 cm³/mol. The number of rotatable bonds is 3. The van der Waals surface area contributed by atoms with Gasteiger partial charge in [0.1, 0.15) is 10.6 Å². The Labute approximate surface area is 167 Å². The summed E-state index contributed by atoms with van der Waals surface area (Å²) < 4.78 is 61.0. The molecule has 2 aliphatic rings. The van der Waals surface area contributed by atoms with Gasteiger partial charge in [0.25, 0.3) is 0 Å². The van der Waals surface area contributed by atoms with Gasteiger partial charge in [-0.2, -0.15) is 0 Å². The Kier molecular flexibility index (Phi) is 4.88. The van der Waals surface area contributed by atoms with Crippen molar-refractivity contribution in [1.82, 2.24) is 0 Å². The van der Waals surface area contributed by atoms with Gasteiger partial charge >= 0.3 is 0 Å². The highest BCUT2D eigenvalue weighted by Gasteiger charge is 2.60. The zero-order valence-electron chi connectivity index (χ0n) is 14.9. The maximum absolute atomic E-state index is 15.0. The second-order valence-electron chi connectivity index (χ2n) is 7.33. The highest BCUT2D eigenvalue weighted by molar-refractivity contribution is 7.92. The summed E-state index contributed by atoms with van der Waals surface area (Å²) in [4.78, 5) is -0.0167. The monoisotopic (exact) mass is 428 g/mol. The highest BCUT2D eigenvalue weighted by atomic mass is 35.5. The molecule has 1 aliphatic carbocycles. The van der Waals surface area contributed by atoms with Crippen LogP contribution in [-0.2, 0) is 14.6 Å². The summed E-state index contributed by atoms with van der Waals surface area (Å²) in [6, 6.07) is 7.52. The zero-order chi connectivity index (χ0) is 20.1. The molecule has 3 atom stereocenters. The van der Waals surface area contributed by atoms with Crippen LogP contribution in [0.5, 0.6) is 5.75 Å². The molecule has 28 heavy (non-hydrogen) atoms. The molecule has 0 radical (unpaired) electrons. The van der Waals surface area contributed by atoms with E-state index in [0.29, 0.717) is 17.9 Å². The quantitative estimate of drug-likeness (QED) is 0.799. The molecule has 1 fully saturated rings. The van der Waals surface area contributed by atoms with E-state index in [1.807, 2.05) is 0 Å². The summed E-state index contributed by atoms with van der Waals surface area (Å²) in [6.45, 7) is -0.358. The van der Waals surface area contributed by atoms with Gasteiger partial charge in [-0.25, -0.2) is 17.2 Å². The lowest BCUT2D eigenvalue weighted by atomic mass is 9.67. The molecule has 4 rings (SSSR count). The van der Waals surface area contributed by atoms with Crippen LogP contribution in [0.4, 0.5) is 8.78 Å². The van der Waals surface area contributed by atoms with Crippen molar-refractivity contribution in [2.24, 2.45) is 11.8 Å². The van der Waals surface area contributed by atoms with Gasteiger partial charge in [0, 0.05) is 17.5 Å². The molecule has 4 nitrogen and oxygen atoms in total. The van der Waals surface area contributed by atoms with Crippen LogP contribution < -0.4 is 4.74 Å². The van der Waals surface area contributed by atoms with Crippen LogP contribution in [0.25, 0.3) is 0 Å². The molecular formula is C20H19ClF2O4S. The normalized spacial score (nSPS) is 26.9. The minimum atomic E-state index is -4.15. The number of aliphatic hydroxyl groups is 1. The highest BCUT2D eigenvalue weighted by Crippen LogP contribution is 2.57. The lowest BCUT2D eigenvalue weighted by molar-refractivity contribution is 0.0430. The molecule has 2 aromatic carbocycles. The van der Waals surface area contributed by atoms with E-state index >= 15 is 4.39 Å². The first-order chi connectivity index (χ1) is 13.3. The van der Waals surface area contributed by atoms with E-state index in [4.69, 9.17) is 16.3 Å². The average molecular weight is 429 g/mol. The first-order valence-electron chi connectivity index (χ1n) is 9.05. The topological polar surface area (TPSA) is 63.6 Å². The van der Waals surface area contributed by atoms with E-state index < -0.39 is 38.1 Å². The smallest absolute Gasteiger partial charge is 0.188 e. The number of hydrogen-bond donors (Lipinski definition) is 1. The Bertz CT molecular complexity index is 1010. The molecule has 1 N–H and O–H groups in total. The Hall–Kier alpha value is -1.70. The van der Waals surface area contributed by atoms with Crippen molar-refractivity contribution in [1.29, 1.82) is 0 Å². The second kappa shape index (κ2) is 6.97. The summed E-state index contributed by atoms with van der Waals surface area (Å²) >= 11 is 5.90. The zero-order valence-corrected chi connectivity index (χ0v) is 16.4. The standard InChI is InChI=1S/C20H19ClF2O4S/c21-13-3-5-14(6-4-13)28(25,26)20-9-1-2-12(10-24)15(20)11-27-19-17(23)8-7-16(22)18(19)20/h3-8,12,15,24H,1-2,9-11H2/t12?,15-,20-/m0/s1. The molecule has 1 unspecified atom stereocenters. The molecular weight excluding hydrogens is 410 g/mol. The largest absolute Gasteiger partial charge is 0.490 e. The van der Waals surface area contributed by atoms with E-state index in [1.54, 1.807) is 0 Å². The first-order valence-corrected chi connectivity index (χ1v) is 10.9. The number of benzene rings is 2. The van der Waals surface area contributed by atoms with Crippen LogP contribution in [-0.4, -0.2) is 26.7 Å². The lowest BCUT2D eigenvalue weighted by Gasteiger charge is -2.50. The molecule has 1 aliphatic heterocycles. The van der Waals surface area contributed by atoms with Crippen molar-refractivity contribution in [3.63, 3.8) is 0 Å². The SMILES string of the molecule is O=S(=O)(c1ccc(Cl)cc1)[C@@]12CCCC(CO)[C@@H]1COc1c(F)ccc(F)c12. The van der Waals surface area contributed by atoms with Crippen molar-refractivity contribution in [2.45, 2.75) is 28.9 Å². The molecule has 0 spiro atoms. The fourth-order valence-electron chi connectivity index (χ4n) is 4.73. The van der Waals surface area contributed by atoms with Gasteiger partial charge in [-0.05, 0) is 55.2 Å². The Morgan fingerprint density at radius 2 is 1.82 bits per heavy atom. The summed E-state index contributed by atoms with van der Waals surface area (Å²) in [5, 5.41) is 10.2. The fourth-order valence-corrected chi connectivity index (χ4v) is 7.30. The average Bonchev–Trinajstić information content (AvgIpc) is 2.69. The van der Waals surface area contributed by atoms with Gasteiger partial charge in [0.05, 0.1) is 17.1 Å². The van der Waals surface area contributed by atoms with Crippen LogP contribution in [0.15, 0.2) is 41.3 Å². The van der Waals surface area contributed by atoms with Crippen molar-refractivity contribution in [3.8, 4) is 5.75 Å².